The molecule has 1 heterocycles. The third kappa shape index (κ3) is 3.76. The van der Waals surface area contributed by atoms with E-state index in [-0.39, 0.29) is 22.6 Å². The van der Waals surface area contributed by atoms with Crippen molar-refractivity contribution in [3.8, 4) is 5.75 Å². The third-order valence-electron chi connectivity index (χ3n) is 4.80. The number of carbonyl (C=O) groups is 1. The van der Waals surface area contributed by atoms with Crippen LogP contribution >= 0.6 is 0 Å². The van der Waals surface area contributed by atoms with Gasteiger partial charge in [0.2, 0.25) is 0 Å². The number of fused-ring (bicyclic) bond motifs is 1. The van der Waals surface area contributed by atoms with Crippen molar-refractivity contribution < 1.29 is 19.1 Å². The zero-order valence-corrected chi connectivity index (χ0v) is 16.5. The van der Waals surface area contributed by atoms with Gasteiger partial charge in [-0.2, -0.15) is 0 Å². The van der Waals surface area contributed by atoms with E-state index in [4.69, 9.17) is 9.83 Å². The molecule has 3 N–H and O–H groups in total. The number of aromatic hydroxyl groups is 1. The van der Waals surface area contributed by atoms with Crippen LogP contribution in [0.2, 0.25) is 0 Å². The summed E-state index contributed by atoms with van der Waals surface area (Å²) in [6.45, 7) is 0. The first kappa shape index (κ1) is 19.9. The van der Waals surface area contributed by atoms with Gasteiger partial charge in [-0.05, 0) is 36.4 Å². The van der Waals surface area contributed by atoms with E-state index in [0.717, 1.165) is 5.69 Å². The first-order valence-corrected chi connectivity index (χ1v) is 9.38. The first-order valence-electron chi connectivity index (χ1n) is 9.38. The van der Waals surface area contributed by atoms with E-state index in [1.54, 1.807) is 18.2 Å². The number of hydrogen-bond acceptors (Lipinski definition) is 7. The molecule has 0 radical (unpaired) electrons. The van der Waals surface area contributed by atoms with E-state index in [1.807, 2.05) is 30.3 Å². The normalized spacial score (nSPS) is 10.6. The van der Waals surface area contributed by atoms with E-state index in [0.29, 0.717) is 22.2 Å². The third-order valence-corrected chi connectivity index (χ3v) is 4.80. The van der Waals surface area contributed by atoms with Gasteiger partial charge in [-0.3, -0.25) is 5.41 Å². The Balaban J connectivity index is 1.77. The Bertz CT molecular complexity index is 1340. The topological polar surface area (TPSA) is 113 Å². The first-order chi connectivity index (χ1) is 15.0. The van der Waals surface area contributed by atoms with Crippen molar-refractivity contribution in [2.45, 2.75) is 0 Å². The molecule has 0 unspecified atom stereocenters. The van der Waals surface area contributed by atoms with Crippen LogP contribution in [-0.4, -0.2) is 23.9 Å². The van der Waals surface area contributed by atoms with Gasteiger partial charge < -0.3 is 19.6 Å². The second kappa shape index (κ2) is 8.16. The van der Waals surface area contributed by atoms with Crippen molar-refractivity contribution >= 4 is 34.0 Å². The Hall–Kier alpha value is -4.39. The number of esters is 1. The molecule has 4 rings (SSSR count). The minimum Gasteiger partial charge on any atom is -0.506 e. The second-order valence-corrected chi connectivity index (χ2v) is 6.73. The number of hydrogen-bond donors (Lipinski definition) is 3. The number of benzene rings is 3. The molecule has 31 heavy (non-hydrogen) atoms. The van der Waals surface area contributed by atoms with Gasteiger partial charge in [0.15, 0.2) is 5.58 Å². The number of carbonyl (C=O) groups excluding carboxylic acids is 1. The molecule has 3 aromatic carbocycles. The molecular weight excluding hydrogens is 396 g/mol. The fourth-order valence-corrected chi connectivity index (χ4v) is 3.24. The highest BCUT2D eigenvalue weighted by Crippen LogP contribution is 2.33. The van der Waals surface area contributed by atoms with Gasteiger partial charge in [0.1, 0.15) is 11.3 Å². The number of methoxy groups -OCH3 is 1. The van der Waals surface area contributed by atoms with Crippen LogP contribution in [0, 0.1) is 5.41 Å². The zero-order valence-electron chi connectivity index (χ0n) is 16.5. The standard InChI is InChI=1S/C24H18N2O5/c1-30-23(28)15-12-10-14(11-13-15)20(25)19-21(27)17-8-5-9-18(22(17)31-24(19)29)26-16-6-3-2-4-7-16/h2-13,25-27H,1H3. The summed E-state index contributed by atoms with van der Waals surface area (Å²) in [6.07, 6.45) is 0. The maximum Gasteiger partial charge on any atom is 0.349 e. The summed E-state index contributed by atoms with van der Waals surface area (Å²) in [5, 5.41) is 22.7. The van der Waals surface area contributed by atoms with Crippen LogP contribution in [0.25, 0.3) is 11.0 Å². The summed E-state index contributed by atoms with van der Waals surface area (Å²) in [7, 11) is 1.28. The lowest BCUT2D eigenvalue weighted by atomic mass is 10.00. The number of anilines is 2. The van der Waals surface area contributed by atoms with Crippen LogP contribution < -0.4 is 10.9 Å². The fraction of sp³-hybridized carbons (Fsp3) is 0.0417. The molecule has 0 amide bonds. The molecular formula is C24H18N2O5. The lowest BCUT2D eigenvalue weighted by molar-refractivity contribution is 0.0600. The minimum absolute atomic E-state index is 0.187. The van der Waals surface area contributed by atoms with E-state index in [2.05, 4.69) is 10.1 Å². The maximum atomic E-state index is 12.7. The van der Waals surface area contributed by atoms with Crippen LogP contribution in [0.5, 0.6) is 5.75 Å². The Kier molecular flexibility index (Phi) is 5.24. The summed E-state index contributed by atoms with van der Waals surface area (Å²) in [5.41, 5.74) is 0.830. The largest absolute Gasteiger partial charge is 0.506 e. The SMILES string of the molecule is COC(=O)c1ccc(C(=N)c2c(O)c3cccc(Nc4ccccc4)c3oc2=O)cc1. The van der Waals surface area contributed by atoms with Crippen molar-refractivity contribution in [3.63, 3.8) is 0 Å². The molecule has 0 saturated carbocycles. The quantitative estimate of drug-likeness (QED) is 0.253. The molecule has 7 heteroatoms. The summed E-state index contributed by atoms with van der Waals surface area (Å²) < 4.78 is 10.2. The monoisotopic (exact) mass is 414 g/mol. The molecule has 0 atom stereocenters. The van der Waals surface area contributed by atoms with Crippen LogP contribution in [0.4, 0.5) is 11.4 Å². The molecule has 0 saturated heterocycles. The number of nitrogens with one attached hydrogen (secondary N) is 2. The summed E-state index contributed by atoms with van der Waals surface area (Å²) >= 11 is 0. The average Bonchev–Trinajstić information content (AvgIpc) is 2.80. The minimum atomic E-state index is -0.839. The van der Waals surface area contributed by atoms with E-state index in [1.165, 1.54) is 31.4 Å². The molecule has 1 aromatic heterocycles. The molecule has 154 valence electrons. The molecule has 0 aliphatic carbocycles. The van der Waals surface area contributed by atoms with Gasteiger partial charge in [-0.15, -0.1) is 0 Å². The van der Waals surface area contributed by atoms with E-state index < -0.39 is 11.6 Å². The van der Waals surface area contributed by atoms with E-state index >= 15 is 0 Å². The smallest absolute Gasteiger partial charge is 0.349 e. The predicted octanol–water partition coefficient (Wildman–Crippen LogP) is 4.44. The molecule has 0 fully saturated rings. The van der Waals surface area contributed by atoms with Crippen molar-refractivity contribution in [1.82, 2.24) is 0 Å². The van der Waals surface area contributed by atoms with Crippen LogP contribution in [-0.2, 0) is 4.74 Å². The highest BCUT2D eigenvalue weighted by molar-refractivity contribution is 6.14. The Morgan fingerprint density at radius 1 is 0.968 bits per heavy atom. The highest BCUT2D eigenvalue weighted by Gasteiger charge is 2.21. The molecule has 0 aliphatic heterocycles. The molecule has 0 bridgehead atoms. The van der Waals surface area contributed by atoms with Gasteiger partial charge in [0.25, 0.3) is 0 Å². The van der Waals surface area contributed by atoms with Gasteiger partial charge >= 0.3 is 11.6 Å². The van der Waals surface area contributed by atoms with Gasteiger partial charge in [0, 0.05) is 11.3 Å². The van der Waals surface area contributed by atoms with Crippen molar-refractivity contribution in [1.29, 1.82) is 5.41 Å². The molecule has 7 nitrogen and oxygen atoms in total. The van der Waals surface area contributed by atoms with Crippen molar-refractivity contribution in [3.05, 3.63) is 99.9 Å². The lowest BCUT2D eigenvalue weighted by Crippen LogP contribution is -2.16. The van der Waals surface area contributed by atoms with E-state index in [9.17, 15) is 14.7 Å². The number of para-hydroxylation sites is 2. The Morgan fingerprint density at radius 2 is 1.65 bits per heavy atom. The molecule has 0 aliphatic rings. The Morgan fingerprint density at radius 3 is 2.32 bits per heavy atom. The molecule has 4 aromatic rings. The average molecular weight is 414 g/mol. The predicted molar refractivity (Wildman–Crippen MR) is 118 cm³/mol. The van der Waals surface area contributed by atoms with Crippen molar-refractivity contribution in [2.75, 3.05) is 12.4 Å². The number of ether oxygens (including phenoxy) is 1. The maximum absolute atomic E-state index is 12.7. The zero-order chi connectivity index (χ0) is 22.0. The van der Waals surface area contributed by atoms with Crippen LogP contribution in [0.1, 0.15) is 21.5 Å². The molecule has 0 spiro atoms. The lowest BCUT2D eigenvalue weighted by Gasteiger charge is -2.12. The number of rotatable bonds is 5. The fourth-order valence-electron chi connectivity index (χ4n) is 3.24. The van der Waals surface area contributed by atoms with Gasteiger partial charge in [0.05, 0.1) is 29.5 Å². The van der Waals surface area contributed by atoms with Crippen LogP contribution in [0.15, 0.2) is 82.0 Å². The second-order valence-electron chi connectivity index (χ2n) is 6.73. The van der Waals surface area contributed by atoms with Gasteiger partial charge in [-0.25, -0.2) is 9.59 Å². The highest BCUT2D eigenvalue weighted by atomic mass is 16.5. The van der Waals surface area contributed by atoms with Crippen LogP contribution in [0.3, 0.4) is 0 Å². The Labute approximate surface area is 177 Å². The summed E-state index contributed by atoms with van der Waals surface area (Å²) in [4.78, 5) is 24.3. The van der Waals surface area contributed by atoms with Crippen molar-refractivity contribution in [2.24, 2.45) is 0 Å². The van der Waals surface area contributed by atoms with Gasteiger partial charge in [-0.1, -0.05) is 36.4 Å². The summed E-state index contributed by atoms with van der Waals surface area (Å²) in [5.74, 6) is -0.852. The summed E-state index contributed by atoms with van der Waals surface area (Å²) in [6, 6.07) is 20.4.